The van der Waals surface area contributed by atoms with Gasteiger partial charge in [-0.2, -0.15) is 5.26 Å². The zero-order chi connectivity index (χ0) is 22.9. The van der Waals surface area contributed by atoms with Gasteiger partial charge in [0.05, 0.1) is 11.6 Å². The number of hydrogen-bond donors (Lipinski definition) is 2. The smallest absolute Gasteiger partial charge is 0.407 e. The highest BCUT2D eigenvalue weighted by Crippen LogP contribution is 2.32. The van der Waals surface area contributed by atoms with Crippen LogP contribution in [0, 0.1) is 18.3 Å². The first-order valence-electron chi connectivity index (χ1n) is 10.6. The molecule has 0 saturated carbocycles. The van der Waals surface area contributed by atoms with Crippen molar-refractivity contribution in [1.82, 2.24) is 5.32 Å². The highest BCUT2D eigenvalue weighted by Gasteiger charge is 2.22. The summed E-state index contributed by atoms with van der Waals surface area (Å²) in [6.07, 6.45) is 1.11. The van der Waals surface area contributed by atoms with Crippen molar-refractivity contribution in [2.24, 2.45) is 0 Å². The highest BCUT2D eigenvalue weighted by molar-refractivity contribution is 5.67. The van der Waals surface area contributed by atoms with Crippen molar-refractivity contribution >= 4 is 11.8 Å². The Labute approximate surface area is 181 Å². The van der Waals surface area contributed by atoms with E-state index in [2.05, 4.69) is 30.1 Å². The second-order valence-electron chi connectivity index (χ2n) is 8.33. The summed E-state index contributed by atoms with van der Waals surface area (Å²) in [6.45, 7) is 13.0. The van der Waals surface area contributed by atoms with E-state index in [1.807, 2.05) is 33.8 Å². The predicted molar refractivity (Wildman–Crippen MR) is 118 cm³/mol. The quantitative estimate of drug-likeness (QED) is 0.431. The maximum absolute atomic E-state index is 11.8. The number of rotatable bonds is 10. The molecule has 0 radical (unpaired) electrons. The molecule has 1 amide bonds. The van der Waals surface area contributed by atoms with Crippen molar-refractivity contribution in [1.29, 1.82) is 5.26 Å². The number of carbonyl (C=O) groups is 1. The monoisotopic (exact) mass is 419 g/mol. The number of methoxy groups -OCH3 is 1. The maximum atomic E-state index is 11.8. The predicted octanol–water partition coefficient (Wildman–Crippen LogP) is 4.41. The van der Waals surface area contributed by atoms with E-state index in [0.717, 1.165) is 37.1 Å². The first-order valence-corrected chi connectivity index (χ1v) is 10.6. The van der Waals surface area contributed by atoms with Crippen LogP contribution in [0.4, 0.5) is 10.5 Å². The normalized spacial score (nSPS) is 13.3. The average Bonchev–Trinajstić information content (AvgIpc) is 2.69. The number of carbonyl (C=O) groups excluding carboxylic acids is 1. The molecule has 0 saturated heterocycles. The van der Waals surface area contributed by atoms with Gasteiger partial charge in [-0.1, -0.05) is 6.92 Å². The van der Waals surface area contributed by atoms with E-state index >= 15 is 0 Å². The molecule has 7 nitrogen and oxygen atoms in total. The van der Waals surface area contributed by atoms with Gasteiger partial charge in [-0.3, -0.25) is 0 Å². The molecule has 0 aromatic heterocycles. The van der Waals surface area contributed by atoms with Crippen LogP contribution >= 0.6 is 0 Å². The van der Waals surface area contributed by atoms with E-state index in [0.29, 0.717) is 17.7 Å². The summed E-state index contributed by atoms with van der Waals surface area (Å²) in [7, 11) is 1.44. The summed E-state index contributed by atoms with van der Waals surface area (Å²) in [6, 6.07) is 5.95. The van der Waals surface area contributed by atoms with Crippen molar-refractivity contribution in [3.05, 3.63) is 28.8 Å². The molecule has 0 bridgehead atoms. The zero-order valence-corrected chi connectivity index (χ0v) is 19.4. The summed E-state index contributed by atoms with van der Waals surface area (Å²) in [5.41, 5.74) is 2.40. The molecule has 2 atom stereocenters. The summed E-state index contributed by atoms with van der Waals surface area (Å²) >= 11 is 0. The molecular formula is C23H37N3O4. The number of anilines is 1. The van der Waals surface area contributed by atoms with Crippen LogP contribution in [-0.2, 0) is 9.47 Å². The molecule has 0 aliphatic heterocycles. The van der Waals surface area contributed by atoms with Crippen molar-refractivity contribution in [3.8, 4) is 6.07 Å². The molecule has 168 valence electrons. The number of aliphatic hydroxyl groups excluding tert-OH is 1. The number of nitriles is 1. The number of alkyl carbamates (subject to hydrolysis) is 1. The largest absolute Gasteiger partial charge is 0.444 e. The number of amides is 1. The van der Waals surface area contributed by atoms with Gasteiger partial charge in [0.25, 0.3) is 0 Å². The fourth-order valence-electron chi connectivity index (χ4n) is 3.52. The van der Waals surface area contributed by atoms with Crippen LogP contribution in [0.25, 0.3) is 0 Å². The average molecular weight is 420 g/mol. The number of nitrogens with zero attached hydrogens (tertiary/aromatic N) is 2. The summed E-state index contributed by atoms with van der Waals surface area (Å²) in [4.78, 5) is 14.1. The molecule has 1 aromatic carbocycles. The minimum absolute atomic E-state index is 0.232. The van der Waals surface area contributed by atoms with Crippen molar-refractivity contribution in [2.75, 3.05) is 25.1 Å². The van der Waals surface area contributed by atoms with Gasteiger partial charge in [0.15, 0.2) is 6.29 Å². The molecular weight excluding hydrogens is 382 g/mol. The number of ether oxygens (including phenoxy) is 2. The fourth-order valence-corrected chi connectivity index (χ4v) is 3.52. The van der Waals surface area contributed by atoms with Gasteiger partial charge in [0, 0.05) is 37.5 Å². The number of nitrogens with one attached hydrogen (secondary N) is 1. The van der Waals surface area contributed by atoms with Gasteiger partial charge in [0.1, 0.15) is 5.60 Å². The summed E-state index contributed by atoms with van der Waals surface area (Å²) in [5, 5.41) is 22.5. The van der Waals surface area contributed by atoms with Crippen LogP contribution in [-0.4, -0.2) is 43.0 Å². The summed E-state index contributed by atoms with van der Waals surface area (Å²) in [5.74, 6) is 0. The van der Waals surface area contributed by atoms with E-state index in [4.69, 9.17) is 9.47 Å². The van der Waals surface area contributed by atoms with E-state index in [1.165, 1.54) is 7.11 Å². The van der Waals surface area contributed by atoms with Gasteiger partial charge in [0.2, 0.25) is 0 Å². The van der Waals surface area contributed by atoms with Crippen LogP contribution in [0.3, 0.4) is 0 Å². The Morgan fingerprint density at radius 3 is 2.50 bits per heavy atom. The third kappa shape index (κ3) is 7.51. The lowest BCUT2D eigenvalue weighted by molar-refractivity contribution is -0.0773. The van der Waals surface area contributed by atoms with Gasteiger partial charge >= 0.3 is 6.09 Å². The Kier molecular flexibility index (Phi) is 10.1. The van der Waals surface area contributed by atoms with Crippen LogP contribution in [0.5, 0.6) is 0 Å². The third-order valence-electron chi connectivity index (χ3n) is 4.98. The standard InChI is InChI=1S/C23H37N3O4/c1-8-18(11-10-12-25-22(28)30-23(4,5)6)26(9-2)20-14-17(15-24)13-19(16(20)3)21(27)29-7/h13-14,18,21,27H,8-12H2,1-7H3,(H,25,28). The molecule has 2 unspecified atom stereocenters. The van der Waals surface area contributed by atoms with Crippen molar-refractivity contribution < 1.29 is 19.4 Å². The van der Waals surface area contributed by atoms with Gasteiger partial charge in [-0.05, 0) is 71.6 Å². The van der Waals surface area contributed by atoms with Crippen LogP contribution in [0.15, 0.2) is 12.1 Å². The Hall–Kier alpha value is -2.30. The lowest BCUT2D eigenvalue weighted by Crippen LogP contribution is -2.37. The summed E-state index contributed by atoms with van der Waals surface area (Å²) < 4.78 is 10.4. The topological polar surface area (TPSA) is 94.8 Å². The Balaban J connectivity index is 2.93. The molecule has 1 rings (SSSR count). The SMILES string of the molecule is CCC(CCCNC(=O)OC(C)(C)C)N(CC)c1cc(C#N)cc(C(O)OC)c1C. The zero-order valence-electron chi connectivity index (χ0n) is 19.4. The van der Waals surface area contributed by atoms with E-state index in [1.54, 1.807) is 6.07 Å². The molecule has 0 heterocycles. The Morgan fingerprint density at radius 1 is 1.33 bits per heavy atom. The van der Waals surface area contributed by atoms with Crippen molar-refractivity contribution in [3.63, 3.8) is 0 Å². The third-order valence-corrected chi connectivity index (χ3v) is 4.98. The molecule has 0 spiro atoms. The molecule has 1 aromatic rings. The minimum Gasteiger partial charge on any atom is -0.444 e. The van der Waals surface area contributed by atoms with Gasteiger partial charge in [-0.25, -0.2) is 4.79 Å². The first-order chi connectivity index (χ1) is 14.1. The Morgan fingerprint density at radius 2 is 2.00 bits per heavy atom. The molecule has 0 aliphatic rings. The van der Waals surface area contributed by atoms with E-state index in [9.17, 15) is 15.2 Å². The number of hydrogen-bond acceptors (Lipinski definition) is 6. The second-order valence-corrected chi connectivity index (χ2v) is 8.33. The van der Waals surface area contributed by atoms with E-state index < -0.39 is 18.0 Å². The molecule has 2 N–H and O–H groups in total. The van der Waals surface area contributed by atoms with Crippen LogP contribution in [0.1, 0.15) is 76.9 Å². The lowest BCUT2D eigenvalue weighted by atomic mass is 9.98. The van der Waals surface area contributed by atoms with Gasteiger partial charge in [-0.15, -0.1) is 0 Å². The second kappa shape index (κ2) is 11.8. The molecule has 7 heteroatoms. The molecule has 0 aliphatic carbocycles. The molecule has 30 heavy (non-hydrogen) atoms. The van der Waals surface area contributed by atoms with Gasteiger partial charge < -0.3 is 24.8 Å². The minimum atomic E-state index is -1.08. The Bertz CT molecular complexity index is 737. The molecule has 0 fully saturated rings. The first kappa shape index (κ1) is 25.7. The van der Waals surface area contributed by atoms with E-state index in [-0.39, 0.29) is 6.04 Å². The van der Waals surface area contributed by atoms with Crippen LogP contribution in [0.2, 0.25) is 0 Å². The lowest BCUT2D eigenvalue weighted by Gasteiger charge is -2.34. The number of benzene rings is 1. The highest BCUT2D eigenvalue weighted by atomic mass is 16.6. The maximum Gasteiger partial charge on any atom is 0.407 e. The fraction of sp³-hybridized carbons (Fsp3) is 0.652. The van der Waals surface area contributed by atoms with Crippen molar-refractivity contribution in [2.45, 2.75) is 78.7 Å². The number of aliphatic hydroxyl groups is 1. The van der Waals surface area contributed by atoms with Crippen LogP contribution < -0.4 is 10.2 Å².